The van der Waals surface area contributed by atoms with Crippen molar-refractivity contribution in [3.05, 3.63) is 84.4 Å². The Morgan fingerprint density at radius 2 is 1.40 bits per heavy atom. The SMILES string of the molecule is NC(=O)c1ccc(NC(=O)COC(=O)COc2ccc(-c3ccccc3)cc2)cc1. The number of nitrogens with two attached hydrogens (primary N) is 1. The van der Waals surface area contributed by atoms with E-state index in [1.54, 1.807) is 12.1 Å². The number of esters is 1. The number of primary amides is 1. The van der Waals surface area contributed by atoms with Gasteiger partial charge in [0.05, 0.1) is 0 Å². The highest BCUT2D eigenvalue weighted by Crippen LogP contribution is 2.22. The van der Waals surface area contributed by atoms with E-state index in [4.69, 9.17) is 15.2 Å². The third-order valence-electron chi connectivity index (χ3n) is 4.14. The molecular weight excluding hydrogens is 384 g/mol. The summed E-state index contributed by atoms with van der Waals surface area (Å²) in [6, 6.07) is 23.2. The molecule has 0 heterocycles. The normalized spacial score (nSPS) is 10.1. The van der Waals surface area contributed by atoms with Gasteiger partial charge in [-0.05, 0) is 47.5 Å². The van der Waals surface area contributed by atoms with Crippen LogP contribution in [0.25, 0.3) is 11.1 Å². The molecule has 0 radical (unpaired) electrons. The van der Waals surface area contributed by atoms with Crippen LogP contribution in [0.5, 0.6) is 5.75 Å². The highest BCUT2D eigenvalue weighted by Gasteiger charge is 2.09. The van der Waals surface area contributed by atoms with Gasteiger partial charge in [-0.2, -0.15) is 0 Å². The van der Waals surface area contributed by atoms with Gasteiger partial charge in [0.25, 0.3) is 5.91 Å². The van der Waals surface area contributed by atoms with E-state index in [0.29, 0.717) is 17.0 Å². The number of anilines is 1. The van der Waals surface area contributed by atoms with Gasteiger partial charge in [-0.1, -0.05) is 42.5 Å². The highest BCUT2D eigenvalue weighted by molar-refractivity contribution is 5.95. The van der Waals surface area contributed by atoms with Crippen molar-refractivity contribution in [2.24, 2.45) is 5.73 Å². The summed E-state index contributed by atoms with van der Waals surface area (Å²) in [5.74, 6) is -1.22. The van der Waals surface area contributed by atoms with E-state index in [-0.39, 0.29) is 6.61 Å². The molecule has 3 aromatic carbocycles. The fourth-order valence-electron chi connectivity index (χ4n) is 2.62. The lowest BCUT2D eigenvalue weighted by Gasteiger charge is -2.09. The Balaban J connectivity index is 1.41. The topological polar surface area (TPSA) is 108 Å². The Labute approximate surface area is 173 Å². The van der Waals surface area contributed by atoms with Gasteiger partial charge in [0.1, 0.15) is 5.75 Å². The third kappa shape index (κ3) is 5.93. The average Bonchev–Trinajstić information content (AvgIpc) is 2.77. The van der Waals surface area contributed by atoms with E-state index in [1.165, 1.54) is 24.3 Å². The summed E-state index contributed by atoms with van der Waals surface area (Å²) >= 11 is 0. The van der Waals surface area contributed by atoms with Crippen molar-refractivity contribution in [3.8, 4) is 16.9 Å². The van der Waals surface area contributed by atoms with Crippen LogP contribution in [-0.2, 0) is 14.3 Å². The quantitative estimate of drug-likeness (QED) is 0.561. The van der Waals surface area contributed by atoms with Crippen molar-refractivity contribution in [1.29, 1.82) is 0 Å². The van der Waals surface area contributed by atoms with Crippen molar-refractivity contribution in [2.45, 2.75) is 0 Å². The molecule has 0 aliphatic heterocycles. The number of amides is 2. The van der Waals surface area contributed by atoms with Crippen molar-refractivity contribution >= 4 is 23.5 Å². The summed E-state index contributed by atoms with van der Waals surface area (Å²) in [6.45, 7) is -0.766. The zero-order chi connectivity index (χ0) is 21.3. The molecule has 3 aromatic rings. The lowest BCUT2D eigenvalue weighted by atomic mass is 10.1. The average molecular weight is 404 g/mol. The monoisotopic (exact) mass is 404 g/mol. The number of nitrogens with one attached hydrogen (secondary N) is 1. The first kappa shape index (κ1) is 20.6. The van der Waals surface area contributed by atoms with Crippen LogP contribution in [0.15, 0.2) is 78.9 Å². The molecule has 3 N–H and O–H groups in total. The molecule has 0 aliphatic carbocycles. The molecule has 7 heteroatoms. The molecule has 7 nitrogen and oxygen atoms in total. The maximum absolute atomic E-state index is 11.9. The van der Waals surface area contributed by atoms with Gasteiger partial charge in [-0.25, -0.2) is 4.79 Å². The smallest absolute Gasteiger partial charge is 0.344 e. The van der Waals surface area contributed by atoms with E-state index < -0.39 is 24.4 Å². The lowest BCUT2D eigenvalue weighted by molar-refractivity contribution is -0.149. The molecular formula is C23H20N2O5. The van der Waals surface area contributed by atoms with Crippen LogP contribution in [0.4, 0.5) is 5.69 Å². The fraction of sp³-hybridized carbons (Fsp3) is 0.0870. The number of ether oxygens (including phenoxy) is 2. The molecule has 0 fully saturated rings. The lowest BCUT2D eigenvalue weighted by Crippen LogP contribution is -2.23. The molecule has 30 heavy (non-hydrogen) atoms. The summed E-state index contributed by atoms with van der Waals surface area (Å²) in [5.41, 5.74) is 8.05. The molecule has 3 rings (SSSR count). The Hall–Kier alpha value is -4.13. The second-order valence-corrected chi connectivity index (χ2v) is 6.33. The minimum absolute atomic E-state index is 0.314. The van der Waals surface area contributed by atoms with E-state index in [1.807, 2.05) is 42.5 Å². The van der Waals surface area contributed by atoms with Crippen LogP contribution in [0.1, 0.15) is 10.4 Å². The largest absolute Gasteiger partial charge is 0.482 e. The number of rotatable bonds is 8. The first-order valence-electron chi connectivity index (χ1n) is 9.15. The predicted molar refractivity (Wildman–Crippen MR) is 112 cm³/mol. The minimum atomic E-state index is -0.665. The molecule has 0 unspecified atom stereocenters. The highest BCUT2D eigenvalue weighted by atomic mass is 16.6. The van der Waals surface area contributed by atoms with Crippen LogP contribution in [0.2, 0.25) is 0 Å². The van der Waals surface area contributed by atoms with Crippen LogP contribution < -0.4 is 15.8 Å². The van der Waals surface area contributed by atoms with E-state index in [0.717, 1.165) is 11.1 Å². The Morgan fingerprint density at radius 1 is 0.767 bits per heavy atom. The van der Waals surface area contributed by atoms with Gasteiger partial charge >= 0.3 is 5.97 Å². The summed E-state index contributed by atoms with van der Waals surface area (Å²) in [4.78, 5) is 34.7. The predicted octanol–water partition coefficient (Wildman–Crippen LogP) is 3.01. The maximum atomic E-state index is 11.9. The summed E-state index contributed by atoms with van der Waals surface area (Å²) < 4.78 is 10.3. The van der Waals surface area contributed by atoms with Gasteiger partial charge in [0.2, 0.25) is 5.91 Å². The maximum Gasteiger partial charge on any atom is 0.344 e. The molecule has 0 atom stereocenters. The van der Waals surface area contributed by atoms with Gasteiger partial charge in [0, 0.05) is 11.3 Å². The van der Waals surface area contributed by atoms with E-state index in [2.05, 4.69) is 5.32 Å². The van der Waals surface area contributed by atoms with Crippen LogP contribution in [0, 0.1) is 0 Å². The number of hydrogen-bond acceptors (Lipinski definition) is 5. The van der Waals surface area contributed by atoms with Crippen LogP contribution >= 0.6 is 0 Å². The van der Waals surface area contributed by atoms with Gasteiger partial charge in [-0.3, -0.25) is 9.59 Å². The molecule has 2 amide bonds. The Bertz CT molecular complexity index is 1020. The van der Waals surface area contributed by atoms with Crippen LogP contribution in [-0.4, -0.2) is 31.0 Å². The standard InChI is InChI=1S/C23H20N2O5/c24-23(28)18-6-10-19(11-7-18)25-21(26)14-30-22(27)15-29-20-12-8-17(9-13-20)16-4-2-1-3-5-16/h1-13H,14-15H2,(H2,24,28)(H,25,26). The van der Waals surface area contributed by atoms with Crippen molar-refractivity contribution < 1.29 is 23.9 Å². The molecule has 0 aromatic heterocycles. The Kier molecular flexibility index (Phi) is 6.78. The zero-order valence-electron chi connectivity index (χ0n) is 16.0. The number of carbonyl (C=O) groups is 3. The van der Waals surface area contributed by atoms with Crippen molar-refractivity contribution in [2.75, 3.05) is 18.5 Å². The number of hydrogen-bond donors (Lipinski definition) is 2. The second-order valence-electron chi connectivity index (χ2n) is 6.33. The van der Waals surface area contributed by atoms with Gasteiger partial charge < -0.3 is 20.5 Å². The number of benzene rings is 3. The van der Waals surface area contributed by atoms with E-state index >= 15 is 0 Å². The molecule has 0 bridgehead atoms. The summed E-state index contributed by atoms with van der Waals surface area (Å²) in [6.07, 6.45) is 0. The molecule has 0 saturated heterocycles. The molecule has 152 valence electrons. The van der Waals surface area contributed by atoms with Crippen molar-refractivity contribution in [3.63, 3.8) is 0 Å². The molecule has 0 aliphatic rings. The zero-order valence-corrected chi connectivity index (χ0v) is 16.0. The summed E-state index contributed by atoms with van der Waals surface area (Å²) in [7, 11) is 0. The number of carbonyl (C=O) groups excluding carboxylic acids is 3. The third-order valence-corrected chi connectivity index (χ3v) is 4.14. The molecule has 0 spiro atoms. The van der Waals surface area contributed by atoms with Gasteiger partial charge in [-0.15, -0.1) is 0 Å². The van der Waals surface area contributed by atoms with Crippen LogP contribution in [0.3, 0.4) is 0 Å². The van der Waals surface area contributed by atoms with E-state index in [9.17, 15) is 14.4 Å². The van der Waals surface area contributed by atoms with Crippen molar-refractivity contribution in [1.82, 2.24) is 0 Å². The minimum Gasteiger partial charge on any atom is -0.482 e. The first-order chi connectivity index (χ1) is 14.5. The Morgan fingerprint density at radius 3 is 2.03 bits per heavy atom. The van der Waals surface area contributed by atoms with Gasteiger partial charge in [0.15, 0.2) is 13.2 Å². The summed E-state index contributed by atoms with van der Waals surface area (Å²) in [5, 5.41) is 2.55. The molecule has 0 saturated carbocycles. The first-order valence-corrected chi connectivity index (χ1v) is 9.15. The second kappa shape index (κ2) is 9.88. The fourth-order valence-corrected chi connectivity index (χ4v) is 2.62.